The van der Waals surface area contributed by atoms with E-state index in [1.807, 2.05) is 0 Å². The van der Waals surface area contributed by atoms with E-state index in [0.717, 1.165) is 17.1 Å². The predicted molar refractivity (Wildman–Crippen MR) is 83.0 cm³/mol. The average Bonchev–Trinajstić information content (AvgIpc) is 2.81. The van der Waals surface area contributed by atoms with Crippen molar-refractivity contribution in [3.63, 3.8) is 0 Å². The van der Waals surface area contributed by atoms with Crippen LogP contribution in [-0.4, -0.2) is 17.4 Å². The number of amides is 1. The lowest BCUT2D eigenvalue weighted by molar-refractivity contribution is -0.120. The highest BCUT2D eigenvalue weighted by Gasteiger charge is 2.09. The summed E-state index contributed by atoms with van der Waals surface area (Å²) in [5, 5.41) is 3.85. The maximum absolute atomic E-state index is 13.4. The first-order valence-corrected chi connectivity index (χ1v) is 7.87. The van der Waals surface area contributed by atoms with Gasteiger partial charge in [-0.25, -0.2) is 9.37 Å². The molecule has 112 valence electrons. The van der Waals surface area contributed by atoms with Gasteiger partial charge in [0.25, 0.3) is 0 Å². The lowest BCUT2D eigenvalue weighted by Crippen LogP contribution is -2.27. The fraction of sp³-hybridized carbons (Fsp3) is 0.375. The number of thiazole rings is 1. The summed E-state index contributed by atoms with van der Waals surface area (Å²) in [5.41, 5.74) is 1.56. The molecule has 5 heteroatoms. The molecule has 1 N–H and O–H groups in total. The van der Waals surface area contributed by atoms with Gasteiger partial charge in [0.15, 0.2) is 0 Å². The molecule has 1 aromatic heterocycles. The number of aryl methyl sites for hydroxylation is 2. The zero-order chi connectivity index (χ0) is 15.2. The van der Waals surface area contributed by atoms with Gasteiger partial charge >= 0.3 is 0 Å². The van der Waals surface area contributed by atoms with Crippen molar-refractivity contribution in [2.24, 2.45) is 0 Å². The molecule has 0 aliphatic heterocycles. The standard InChI is InChI=1S/C16H19FN2OS/c1-3-14-11(2)21-16(19-14)8-9-18-15(20)10-12-6-4-5-7-13(12)17/h4-7H,3,8-10H2,1-2H3,(H,18,20). The molecule has 0 aliphatic carbocycles. The number of carbonyl (C=O) groups is 1. The fourth-order valence-corrected chi connectivity index (χ4v) is 3.13. The minimum absolute atomic E-state index is 0.0732. The Hall–Kier alpha value is -1.75. The summed E-state index contributed by atoms with van der Waals surface area (Å²) < 4.78 is 13.4. The molecule has 0 unspecified atom stereocenters. The average molecular weight is 306 g/mol. The maximum Gasteiger partial charge on any atom is 0.224 e. The Labute approximate surface area is 128 Å². The summed E-state index contributed by atoms with van der Waals surface area (Å²) in [4.78, 5) is 17.6. The molecule has 0 spiro atoms. The Kier molecular flexibility index (Phi) is 5.44. The second-order valence-electron chi connectivity index (χ2n) is 4.83. The second-order valence-corrected chi connectivity index (χ2v) is 6.12. The van der Waals surface area contributed by atoms with Crippen molar-refractivity contribution in [1.29, 1.82) is 0 Å². The quantitative estimate of drug-likeness (QED) is 0.891. The molecule has 1 amide bonds. The van der Waals surface area contributed by atoms with Crippen LogP contribution in [0.3, 0.4) is 0 Å². The van der Waals surface area contributed by atoms with E-state index in [9.17, 15) is 9.18 Å². The van der Waals surface area contributed by atoms with Crippen molar-refractivity contribution >= 4 is 17.2 Å². The minimum Gasteiger partial charge on any atom is -0.355 e. The summed E-state index contributed by atoms with van der Waals surface area (Å²) >= 11 is 1.67. The SMILES string of the molecule is CCc1nc(CCNC(=O)Cc2ccccc2F)sc1C. The molecule has 1 heterocycles. The molecular formula is C16H19FN2OS. The molecule has 1 aromatic carbocycles. The summed E-state index contributed by atoms with van der Waals surface area (Å²) in [6, 6.07) is 6.35. The molecule has 0 atom stereocenters. The fourth-order valence-electron chi connectivity index (χ4n) is 2.11. The number of hydrogen-bond donors (Lipinski definition) is 1. The van der Waals surface area contributed by atoms with E-state index in [1.165, 1.54) is 10.9 Å². The number of aromatic nitrogens is 1. The largest absolute Gasteiger partial charge is 0.355 e. The van der Waals surface area contributed by atoms with Crippen LogP contribution in [0.25, 0.3) is 0 Å². The molecule has 2 rings (SSSR count). The van der Waals surface area contributed by atoms with E-state index in [-0.39, 0.29) is 18.1 Å². The van der Waals surface area contributed by atoms with Crippen LogP contribution >= 0.6 is 11.3 Å². The number of benzene rings is 1. The van der Waals surface area contributed by atoms with E-state index < -0.39 is 0 Å². The first-order valence-electron chi connectivity index (χ1n) is 7.05. The highest BCUT2D eigenvalue weighted by Crippen LogP contribution is 2.18. The normalized spacial score (nSPS) is 10.6. The third kappa shape index (κ3) is 4.36. The molecule has 0 fully saturated rings. The van der Waals surface area contributed by atoms with E-state index in [1.54, 1.807) is 29.5 Å². The highest BCUT2D eigenvalue weighted by molar-refractivity contribution is 7.11. The molecule has 3 nitrogen and oxygen atoms in total. The smallest absolute Gasteiger partial charge is 0.224 e. The van der Waals surface area contributed by atoms with Crippen molar-refractivity contribution in [2.75, 3.05) is 6.54 Å². The van der Waals surface area contributed by atoms with Gasteiger partial charge in [-0.1, -0.05) is 25.1 Å². The minimum atomic E-state index is -0.337. The molecule has 21 heavy (non-hydrogen) atoms. The van der Waals surface area contributed by atoms with E-state index in [0.29, 0.717) is 18.5 Å². The number of hydrogen-bond acceptors (Lipinski definition) is 3. The van der Waals surface area contributed by atoms with Crippen LogP contribution in [0.1, 0.15) is 28.1 Å². The van der Waals surface area contributed by atoms with Crippen LogP contribution in [-0.2, 0) is 24.1 Å². The third-order valence-corrected chi connectivity index (χ3v) is 4.31. The summed E-state index contributed by atoms with van der Waals surface area (Å²) in [7, 11) is 0. The van der Waals surface area contributed by atoms with E-state index in [4.69, 9.17) is 0 Å². The Morgan fingerprint density at radius 3 is 2.81 bits per heavy atom. The summed E-state index contributed by atoms with van der Waals surface area (Å²) in [6.07, 6.45) is 1.72. The van der Waals surface area contributed by atoms with Crippen LogP contribution in [0.15, 0.2) is 24.3 Å². The van der Waals surface area contributed by atoms with Crippen molar-refractivity contribution in [2.45, 2.75) is 33.1 Å². The molecule has 0 radical (unpaired) electrons. The molecule has 0 saturated heterocycles. The predicted octanol–water partition coefficient (Wildman–Crippen LogP) is 3.05. The zero-order valence-corrected chi connectivity index (χ0v) is 13.1. The monoisotopic (exact) mass is 306 g/mol. The van der Waals surface area contributed by atoms with Crippen LogP contribution in [0.4, 0.5) is 4.39 Å². The number of carbonyl (C=O) groups excluding carboxylic acids is 1. The van der Waals surface area contributed by atoms with Gasteiger partial charge in [0, 0.05) is 17.8 Å². The van der Waals surface area contributed by atoms with Gasteiger partial charge in [0.1, 0.15) is 5.82 Å². The molecule has 0 aliphatic rings. The van der Waals surface area contributed by atoms with Crippen LogP contribution in [0.2, 0.25) is 0 Å². The lowest BCUT2D eigenvalue weighted by Gasteiger charge is -2.05. The number of nitrogens with zero attached hydrogens (tertiary/aromatic N) is 1. The van der Waals surface area contributed by atoms with Crippen molar-refractivity contribution < 1.29 is 9.18 Å². The summed E-state index contributed by atoms with van der Waals surface area (Å²) in [5.74, 6) is -0.500. The second kappa shape index (κ2) is 7.31. The Morgan fingerprint density at radius 1 is 1.38 bits per heavy atom. The molecule has 2 aromatic rings. The van der Waals surface area contributed by atoms with E-state index >= 15 is 0 Å². The van der Waals surface area contributed by atoms with Crippen LogP contribution in [0.5, 0.6) is 0 Å². The molecule has 0 bridgehead atoms. The zero-order valence-electron chi connectivity index (χ0n) is 12.3. The first kappa shape index (κ1) is 15.6. The number of rotatable bonds is 6. The van der Waals surface area contributed by atoms with Crippen molar-refractivity contribution in [3.8, 4) is 0 Å². The number of halogens is 1. The molecular weight excluding hydrogens is 287 g/mol. The van der Waals surface area contributed by atoms with Gasteiger partial charge in [-0.15, -0.1) is 11.3 Å². The van der Waals surface area contributed by atoms with Gasteiger partial charge in [-0.2, -0.15) is 0 Å². The Balaban J connectivity index is 1.80. The lowest BCUT2D eigenvalue weighted by atomic mass is 10.1. The summed E-state index contributed by atoms with van der Waals surface area (Å²) in [6.45, 7) is 4.68. The first-order chi connectivity index (χ1) is 10.1. The molecule has 0 saturated carbocycles. The Morgan fingerprint density at radius 2 is 2.14 bits per heavy atom. The highest BCUT2D eigenvalue weighted by atomic mass is 32.1. The van der Waals surface area contributed by atoms with Crippen LogP contribution < -0.4 is 5.32 Å². The Bertz CT molecular complexity index is 624. The van der Waals surface area contributed by atoms with Gasteiger partial charge < -0.3 is 5.32 Å². The topological polar surface area (TPSA) is 42.0 Å². The van der Waals surface area contributed by atoms with Gasteiger partial charge in [-0.05, 0) is 25.0 Å². The van der Waals surface area contributed by atoms with Gasteiger partial charge in [0.05, 0.1) is 17.1 Å². The van der Waals surface area contributed by atoms with Crippen LogP contribution in [0, 0.1) is 12.7 Å². The van der Waals surface area contributed by atoms with Crippen molar-refractivity contribution in [3.05, 3.63) is 51.2 Å². The van der Waals surface area contributed by atoms with Crippen molar-refractivity contribution in [1.82, 2.24) is 10.3 Å². The van der Waals surface area contributed by atoms with Gasteiger partial charge in [-0.3, -0.25) is 4.79 Å². The van der Waals surface area contributed by atoms with Gasteiger partial charge in [0.2, 0.25) is 5.91 Å². The number of nitrogens with one attached hydrogen (secondary N) is 1. The maximum atomic E-state index is 13.4. The third-order valence-electron chi connectivity index (χ3n) is 3.24. The van der Waals surface area contributed by atoms with E-state index in [2.05, 4.69) is 24.1 Å².